The Morgan fingerprint density at radius 2 is 1.80 bits per heavy atom. The molecule has 164 valence electrons. The molecule has 30 heavy (non-hydrogen) atoms. The minimum absolute atomic E-state index is 0.196. The fourth-order valence-electron chi connectivity index (χ4n) is 2.54. The second-order valence-corrected chi connectivity index (χ2v) is 6.31. The van der Waals surface area contributed by atoms with Crippen LogP contribution >= 0.6 is 0 Å². The zero-order valence-corrected chi connectivity index (χ0v) is 16.0. The summed E-state index contributed by atoms with van der Waals surface area (Å²) in [6.45, 7) is 5.14. The normalized spacial score (nSPS) is 14.5. The Hall–Kier alpha value is -2.92. The molecule has 2 aromatic rings. The lowest BCUT2D eigenvalue weighted by Crippen LogP contribution is -2.38. The minimum Gasteiger partial charge on any atom is -0.475 e. The number of benzene rings is 1. The van der Waals surface area contributed by atoms with Gasteiger partial charge in [-0.15, -0.1) is 0 Å². The highest BCUT2D eigenvalue weighted by Crippen LogP contribution is 2.19. The number of alkyl halides is 3. The van der Waals surface area contributed by atoms with Crippen molar-refractivity contribution < 1.29 is 37.1 Å². The van der Waals surface area contributed by atoms with E-state index in [0.717, 1.165) is 44.8 Å². The molecule has 1 aliphatic heterocycles. The number of amides is 1. The number of aromatic nitrogens is 1. The van der Waals surface area contributed by atoms with Gasteiger partial charge in [0.25, 0.3) is 5.91 Å². The Bertz CT molecular complexity index is 805. The molecule has 1 aromatic carbocycles. The van der Waals surface area contributed by atoms with Gasteiger partial charge in [-0.1, -0.05) is 35.5 Å². The van der Waals surface area contributed by atoms with Crippen molar-refractivity contribution in [1.82, 2.24) is 15.4 Å². The first-order valence-corrected chi connectivity index (χ1v) is 9.18. The molecule has 1 amide bonds. The van der Waals surface area contributed by atoms with Crippen LogP contribution in [0.15, 0.2) is 40.9 Å². The molecule has 1 fully saturated rings. The van der Waals surface area contributed by atoms with E-state index in [1.165, 1.54) is 0 Å². The smallest absolute Gasteiger partial charge is 0.475 e. The van der Waals surface area contributed by atoms with E-state index in [4.69, 9.17) is 19.2 Å². The summed E-state index contributed by atoms with van der Waals surface area (Å²) in [4.78, 5) is 23.3. The van der Waals surface area contributed by atoms with Crippen molar-refractivity contribution in [3.05, 3.63) is 42.1 Å². The van der Waals surface area contributed by atoms with Gasteiger partial charge in [-0.25, -0.2) is 4.79 Å². The predicted octanol–water partition coefficient (Wildman–Crippen LogP) is 2.43. The van der Waals surface area contributed by atoms with E-state index in [0.29, 0.717) is 18.0 Å². The van der Waals surface area contributed by atoms with Crippen molar-refractivity contribution in [1.29, 1.82) is 0 Å². The van der Waals surface area contributed by atoms with E-state index in [-0.39, 0.29) is 5.91 Å². The van der Waals surface area contributed by atoms with Crippen molar-refractivity contribution in [2.45, 2.75) is 12.6 Å². The van der Waals surface area contributed by atoms with Crippen LogP contribution in [0.25, 0.3) is 11.3 Å². The average Bonchev–Trinajstić information content (AvgIpc) is 3.23. The van der Waals surface area contributed by atoms with Crippen LogP contribution in [0.1, 0.15) is 16.9 Å². The number of hydrogen-bond acceptors (Lipinski definition) is 6. The van der Waals surface area contributed by atoms with Gasteiger partial charge in [0.2, 0.25) is 0 Å². The Morgan fingerprint density at radius 1 is 1.17 bits per heavy atom. The van der Waals surface area contributed by atoms with Crippen molar-refractivity contribution in [2.24, 2.45) is 0 Å². The van der Waals surface area contributed by atoms with Crippen molar-refractivity contribution in [3.8, 4) is 11.3 Å². The molecule has 2 heterocycles. The first-order chi connectivity index (χ1) is 14.3. The number of carboxylic acid groups (broad SMARTS) is 1. The highest BCUT2D eigenvalue weighted by atomic mass is 19.4. The van der Waals surface area contributed by atoms with E-state index >= 15 is 0 Å². The van der Waals surface area contributed by atoms with E-state index in [2.05, 4.69) is 15.4 Å². The number of carbonyl (C=O) groups is 2. The van der Waals surface area contributed by atoms with Gasteiger partial charge in [0.15, 0.2) is 11.5 Å². The molecule has 0 unspecified atom stereocenters. The summed E-state index contributed by atoms with van der Waals surface area (Å²) in [6, 6.07) is 11.3. The topological polar surface area (TPSA) is 105 Å². The van der Waals surface area contributed by atoms with Crippen LogP contribution in [0.5, 0.6) is 0 Å². The molecule has 0 aliphatic carbocycles. The molecule has 0 radical (unpaired) electrons. The van der Waals surface area contributed by atoms with Gasteiger partial charge < -0.3 is 19.7 Å². The summed E-state index contributed by atoms with van der Waals surface area (Å²) < 4.78 is 42.3. The van der Waals surface area contributed by atoms with E-state index < -0.39 is 12.1 Å². The van der Waals surface area contributed by atoms with Crippen LogP contribution in [0.4, 0.5) is 13.2 Å². The molecule has 0 bridgehead atoms. The van der Waals surface area contributed by atoms with E-state index in [1.807, 2.05) is 30.3 Å². The number of ether oxygens (including phenoxy) is 1. The van der Waals surface area contributed by atoms with Crippen LogP contribution in [0.3, 0.4) is 0 Å². The van der Waals surface area contributed by atoms with Gasteiger partial charge in [0.05, 0.1) is 13.2 Å². The third-order valence-corrected chi connectivity index (χ3v) is 4.08. The van der Waals surface area contributed by atoms with Crippen LogP contribution in [0, 0.1) is 0 Å². The SMILES string of the molecule is O=C(NCCCN1CCOCC1)c1cc(-c2ccccc2)on1.O=C(O)C(F)(F)F. The Labute approximate surface area is 170 Å². The van der Waals surface area contributed by atoms with Crippen molar-refractivity contribution in [3.63, 3.8) is 0 Å². The number of carboxylic acids is 1. The summed E-state index contributed by atoms with van der Waals surface area (Å²) in [5.41, 5.74) is 1.22. The third-order valence-electron chi connectivity index (χ3n) is 4.08. The Kier molecular flexibility index (Phi) is 8.81. The van der Waals surface area contributed by atoms with Gasteiger partial charge in [0, 0.05) is 31.3 Å². The molecule has 8 nitrogen and oxygen atoms in total. The Balaban J connectivity index is 0.000000396. The molecule has 3 rings (SSSR count). The molecule has 2 N–H and O–H groups in total. The monoisotopic (exact) mass is 429 g/mol. The van der Waals surface area contributed by atoms with Gasteiger partial charge >= 0.3 is 12.1 Å². The van der Waals surface area contributed by atoms with Gasteiger partial charge in [-0.2, -0.15) is 13.2 Å². The highest BCUT2D eigenvalue weighted by molar-refractivity contribution is 5.93. The molecular formula is C19H22F3N3O5. The minimum atomic E-state index is -5.08. The van der Waals surface area contributed by atoms with Gasteiger partial charge in [-0.05, 0) is 13.0 Å². The molecule has 0 spiro atoms. The lowest BCUT2D eigenvalue weighted by atomic mass is 10.1. The molecule has 0 atom stereocenters. The third kappa shape index (κ3) is 7.84. The van der Waals surface area contributed by atoms with Crippen LogP contribution < -0.4 is 5.32 Å². The number of halogens is 3. The van der Waals surface area contributed by atoms with Crippen molar-refractivity contribution in [2.75, 3.05) is 39.4 Å². The molecule has 1 aromatic heterocycles. The quantitative estimate of drug-likeness (QED) is 0.680. The second-order valence-electron chi connectivity index (χ2n) is 6.31. The standard InChI is InChI=1S/C17H21N3O3.C2HF3O2/c21-17(18-7-4-8-20-9-11-22-12-10-20)15-13-16(23-19-15)14-5-2-1-3-6-14;3-2(4,5)1(6)7/h1-3,5-6,13H,4,7-12H2,(H,18,21);(H,6,7). The predicted molar refractivity (Wildman–Crippen MR) is 99.8 cm³/mol. The summed E-state index contributed by atoms with van der Waals surface area (Å²) in [5.74, 6) is -2.35. The van der Waals surface area contributed by atoms with Crippen LogP contribution in [-0.4, -0.2) is 72.6 Å². The second kappa shape index (κ2) is 11.3. The summed E-state index contributed by atoms with van der Waals surface area (Å²) >= 11 is 0. The first kappa shape index (κ1) is 23.4. The molecule has 1 aliphatic rings. The molecule has 1 saturated heterocycles. The number of carbonyl (C=O) groups excluding carboxylic acids is 1. The zero-order chi connectivity index (χ0) is 22.0. The fraction of sp³-hybridized carbons (Fsp3) is 0.421. The summed E-state index contributed by atoms with van der Waals surface area (Å²) in [7, 11) is 0. The lowest BCUT2D eigenvalue weighted by Gasteiger charge is -2.26. The maximum absolute atomic E-state index is 12.1. The number of morpholine rings is 1. The zero-order valence-electron chi connectivity index (χ0n) is 16.0. The number of nitrogens with one attached hydrogen (secondary N) is 1. The lowest BCUT2D eigenvalue weighted by molar-refractivity contribution is -0.192. The first-order valence-electron chi connectivity index (χ1n) is 9.18. The largest absolute Gasteiger partial charge is 0.490 e. The number of nitrogens with zero attached hydrogens (tertiary/aromatic N) is 2. The molecule has 0 saturated carbocycles. The van der Waals surface area contributed by atoms with E-state index in [9.17, 15) is 18.0 Å². The summed E-state index contributed by atoms with van der Waals surface area (Å²) in [5, 5.41) is 13.9. The molecular weight excluding hydrogens is 407 g/mol. The number of aliphatic carboxylic acids is 1. The fourth-order valence-corrected chi connectivity index (χ4v) is 2.54. The maximum atomic E-state index is 12.1. The van der Waals surface area contributed by atoms with E-state index in [1.54, 1.807) is 6.07 Å². The van der Waals surface area contributed by atoms with Gasteiger partial charge in [-0.3, -0.25) is 9.69 Å². The summed E-state index contributed by atoms with van der Waals surface area (Å²) in [6.07, 6.45) is -4.17. The average molecular weight is 429 g/mol. The highest BCUT2D eigenvalue weighted by Gasteiger charge is 2.38. The van der Waals surface area contributed by atoms with Crippen molar-refractivity contribution >= 4 is 11.9 Å². The Morgan fingerprint density at radius 3 is 2.40 bits per heavy atom. The van der Waals surface area contributed by atoms with Crippen LogP contribution in [0.2, 0.25) is 0 Å². The maximum Gasteiger partial charge on any atom is 0.490 e. The number of hydrogen-bond donors (Lipinski definition) is 2. The number of rotatable bonds is 6. The molecule has 11 heteroatoms. The van der Waals surface area contributed by atoms with Gasteiger partial charge in [0.1, 0.15) is 0 Å². The van der Waals surface area contributed by atoms with Crippen LogP contribution in [-0.2, 0) is 9.53 Å².